The van der Waals surface area contributed by atoms with E-state index in [2.05, 4.69) is 15.3 Å². The van der Waals surface area contributed by atoms with Crippen molar-refractivity contribution in [3.8, 4) is 0 Å². The molecule has 1 aliphatic heterocycles. The lowest BCUT2D eigenvalue weighted by Crippen LogP contribution is -2.30. The maximum atomic E-state index is 14.4. The Morgan fingerprint density at radius 1 is 1.26 bits per heavy atom. The second-order valence-corrected chi connectivity index (χ2v) is 9.62. The number of carbonyl (C=O) groups excluding carboxylic acids is 2. The summed E-state index contributed by atoms with van der Waals surface area (Å²) >= 11 is 0. The molecule has 1 aromatic carbocycles. The number of aryl methyl sites for hydroxylation is 1. The molecule has 31 heavy (non-hydrogen) atoms. The van der Waals surface area contributed by atoms with E-state index in [0.717, 1.165) is 22.5 Å². The number of halogens is 1. The predicted octanol–water partition coefficient (Wildman–Crippen LogP) is 1.16. The molecule has 1 aliphatic rings. The average molecular weight is 450 g/mol. The number of hydrogen-bond acceptors (Lipinski definition) is 6. The van der Waals surface area contributed by atoms with E-state index in [-0.39, 0.29) is 28.8 Å². The van der Waals surface area contributed by atoms with Crippen LogP contribution in [0.2, 0.25) is 0 Å². The highest BCUT2D eigenvalue weighted by Crippen LogP contribution is 2.28. The summed E-state index contributed by atoms with van der Waals surface area (Å²) in [5, 5.41) is 2.53. The molecule has 1 atom stereocenters. The van der Waals surface area contributed by atoms with Gasteiger partial charge in [0.1, 0.15) is 11.6 Å². The Balaban J connectivity index is 1.81. The van der Waals surface area contributed by atoms with Crippen LogP contribution in [0.3, 0.4) is 0 Å². The van der Waals surface area contributed by atoms with E-state index in [1.54, 1.807) is 6.92 Å². The molecule has 1 fully saturated rings. The third-order valence-electron chi connectivity index (χ3n) is 5.26. The van der Waals surface area contributed by atoms with Gasteiger partial charge in [-0.1, -0.05) is 0 Å². The molecule has 0 unspecified atom stereocenters. The average Bonchev–Trinajstić information content (AvgIpc) is 3.23. The van der Waals surface area contributed by atoms with Crippen LogP contribution in [0.4, 0.5) is 4.39 Å². The summed E-state index contributed by atoms with van der Waals surface area (Å²) in [7, 11) is 0.448. The third-order valence-corrected chi connectivity index (χ3v) is 7.07. The first-order chi connectivity index (χ1) is 14.6. The van der Waals surface area contributed by atoms with Gasteiger partial charge in [0.05, 0.1) is 21.7 Å². The van der Waals surface area contributed by atoms with Crippen molar-refractivity contribution in [2.75, 3.05) is 34.2 Å². The lowest BCUT2D eigenvalue weighted by Gasteiger charge is -2.18. The molecule has 166 valence electrons. The predicted molar refractivity (Wildman–Crippen MR) is 111 cm³/mol. The van der Waals surface area contributed by atoms with Gasteiger partial charge in [-0.3, -0.25) is 9.59 Å². The van der Waals surface area contributed by atoms with E-state index < -0.39 is 21.7 Å². The standard InChI is InChI=1S/C20H24FN5O4S/c1-12-16(19(27)22-2)10-23-18(24-12)13-7-8-26(11-13)20(28)15-9-14(5-6-17(15)21)31(29,30)25(3)4/h5-6,9-10,13H,7-8,11H2,1-4H3,(H,22,27)/t13-/m0/s1. The lowest BCUT2D eigenvalue weighted by molar-refractivity contribution is 0.0785. The minimum atomic E-state index is -3.80. The van der Waals surface area contributed by atoms with Crippen molar-refractivity contribution in [1.82, 2.24) is 24.5 Å². The molecule has 0 saturated carbocycles. The Morgan fingerprint density at radius 2 is 1.97 bits per heavy atom. The number of nitrogens with zero attached hydrogens (tertiary/aromatic N) is 4. The second kappa shape index (κ2) is 8.67. The van der Waals surface area contributed by atoms with Gasteiger partial charge in [-0.2, -0.15) is 0 Å². The van der Waals surface area contributed by atoms with Gasteiger partial charge in [0.2, 0.25) is 10.0 Å². The van der Waals surface area contributed by atoms with Gasteiger partial charge < -0.3 is 10.2 Å². The molecular weight excluding hydrogens is 425 g/mol. The fraction of sp³-hybridized carbons (Fsp3) is 0.400. The van der Waals surface area contributed by atoms with Crippen LogP contribution in [0.25, 0.3) is 0 Å². The highest BCUT2D eigenvalue weighted by atomic mass is 32.2. The summed E-state index contributed by atoms with van der Waals surface area (Å²) in [5.41, 5.74) is 0.607. The van der Waals surface area contributed by atoms with Gasteiger partial charge in [-0.25, -0.2) is 27.1 Å². The van der Waals surface area contributed by atoms with Crippen LogP contribution in [0, 0.1) is 12.7 Å². The molecule has 2 heterocycles. The van der Waals surface area contributed by atoms with E-state index >= 15 is 0 Å². The van der Waals surface area contributed by atoms with Crippen LogP contribution >= 0.6 is 0 Å². The maximum absolute atomic E-state index is 14.4. The summed E-state index contributed by atoms with van der Waals surface area (Å²) in [6.45, 7) is 2.33. The van der Waals surface area contributed by atoms with E-state index in [0.29, 0.717) is 30.0 Å². The Kier molecular flexibility index (Phi) is 6.37. The number of nitrogens with one attached hydrogen (secondary N) is 1. The fourth-order valence-corrected chi connectivity index (χ4v) is 4.33. The Labute approximate surface area is 180 Å². The van der Waals surface area contributed by atoms with Gasteiger partial charge in [-0.15, -0.1) is 0 Å². The number of likely N-dealkylation sites (tertiary alicyclic amines) is 1. The number of amides is 2. The van der Waals surface area contributed by atoms with Crippen molar-refractivity contribution in [3.63, 3.8) is 0 Å². The van der Waals surface area contributed by atoms with Crippen LogP contribution in [0.5, 0.6) is 0 Å². The summed E-state index contributed by atoms with van der Waals surface area (Å²) in [6, 6.07) is 3.19. The van der Waals surface area contributed by atoms with E-state index in [1.807, 2.05) is 0 Å². The number of carbonyl (C=O) groups is 2. The quantitative estimate of drug-likeness (QED) is 0.733. The van der Waals surface area contributed by atoms with Gasteiger partial charge in [0.25, 0.3) is 11.8 Å². The molecule has 0 aliphatic carbocycles. The zero-order valence-corrected chi connectivity index (χ0v) is 18.5. The molecule has 9 nitrogen and oxygen atoms in total. The highest BCUT2D eigenvalue weighted by molar-refractivity contribution is 7.89. The first-order valence-electron chi connectivity index (χ1n) is 9.63. The highest BCUT2D eigenvalue weighted by Gasteiger charge is 2.32. The first-order valence-corrected chi connectivity index (χ1v) is 11.1. The molecule has 0 bridgehead atoms. The Bertz CT molecular complexity index is 1140. The second-order valence-electron chi connectivity index (χ2n) is 7.47. The number of rotatable bonds is 5. The topological polar surface area (TPSA) is 113 Å². The van der Waals surface area contributed by atoms with Crippen LogP contribution in [0.15, 0.2) is 29.3 Å². The smallest absolute Gasteiger partial charge is 0.256 e. The van der Waals surface area contributed by atoms with Crippen molar-refractivity contribution in [2.45, 2.75) is 24.2 Å². The van der Waals surface area contributed by atoms with Crippen molar-refractivity contribution >= 4 is 21.8 Å². The fourth-order valence-electron chi connectivity index (χ4n) is 3.40. The number of aromatic nitrogens is 2. The lowest BCUT2D eigenvalue weighted by atomic mass is 10.1. The Hall–Kier alpha value is -2.92. The van der Waals surface area contributed by atoms with Crippen LogP contribution in [-0.2, 0) is 10.0 Å². The number of sulfonamides is 1. The molecule has 2 aromatic rings. The van der Waals surface area contributed by atoms with E-state index in [9.17, 15) is 22.4 Å². The van der Waals surface area contributed by atoms with Crippen LogP contribution in [0.1, 0.15) is 44.6 Å². The van der Waals surface area contributed by atoms with Crippen LogP contribution < -0.4 is 5.32 Å². The van der Waals surface area contributed by atoms with Gasteiger partial charge in [-0.05, 0) is 31.5 Å². The van der Waals surface area contributed by atoms with Gasteiger partial charge in [0, 0.05) is 46.3 Å². The molecule has 1 saturated heterocycles. The van der Waals surface area contributed by atoms with E-state index in [4.69, 9.17) is 0 Å². The molecular formula is C20H24FN5O4S. The largest absolute Gasteiger partial charge is 0.355 e. The van der Waals surface area contributed by atoms with E-state index in [1.165, 1.54) is 32.2 Å². The molecule has 11 heteroatoms. The normalized spacial score (nSPS) is 16.6. The minimum absolute atomic E-state index is 0.151. The third kappa shape index (κ3) is 4.42. The van der Waals surface area contributed by atoms with Crippen molar-refractivity contribution in [2.24, 2.45) is 0 Å². The summed E-state index contributed by atoms with van der Waals surface area (Å²) < 4.78 is 40.1. The summed E-state index contributed by atoms with van der Waals surface area (Å²) in [4.78, 5) is 34.7. The maximum Gasteiger partial charge on any atom is 0.256 e. The van der Waals surface area contributed by atoms with Crippen LogP contribution in [-0.4, -0.2) is 73.6 Å². The molecule has 1 aromatic heterocycles. The summed E-state index contributed by atoms with van der Waals surface area (Å²) in [5.74, 6) is -1.32. The molecule has 0 spiro atoms. The zero-order chi connectivity index (χ0) is 22.9. The molecule has 0 radical (unpaired) electrons. The number of hydrogen-bond donors (Lipinski definition) is 1. The monoisotopic (exact) mass is 449 g/mol. The Morgan fingerprint density at radius 3 is 2.58 bits per heavy atom. The minimum Gasteiger partial charge on any atom is -0.355 e. The van der Waals surface area contributed by atoms with Crippen molar-refractivity contribution < 1.29 is 22.4 Å². The molecule has 3 rings (SSSR count). The molecule has 1 N–H and O–H groups in total. The first kappa shape index (κ1) is 22.8. The van der Waals surface area contributed by atoms with Crippen molar-refractivity contribution in [1.29, 1.82) is 0 Å². The van der Waals surface area contributed by atoms with Crippen molar-refractivity contribution in [3.05, 3.63) is 52.9 Å². The SMILES string of the molecule is CNC(=O)c1cnc([C@H]2CCN(C(=O)c3cc(S(=O)(=O)N(C)C)ccc3F)C2)nc1C. The molecule has 2 amide bonds. The van der Waals surface area contributed by atoms with Gasteiger partial charge in [0.15, 0.2) is 0 Å². The zero-order valence-electron chi connectivity index (χ0n) is 17.7. The summed E-state index contributed by atoms with van der Waals surface area (Å²) in [6.07, 6.45) is 2.03. The van der Waals surface area contributed by atoms with Gasteiger partial charge >= 0.3 is 0 Å². The number of benzene rings is 1.